The molecule has 88 valence electrons. The summed E-state index contributed by atoms with van der Waals surface area (Å²) >= 11 is 0. The minimum atomic E-state index is -0.206. The van der Waals surface area contributed by atoms with Crippen LogP contribution in [0, 0.1) is 0 Å². The molecule has 0 heterocycles. The third-order valence-electron chi connectivity index (χ3n) is 3.26. The van der Waals surface area contributed by atoms with E-state index in [-0.39, 0.29) is 12.0 Å². The lowest BCUT2D eigenvalue weighted by Gasteiger charge is -2.28. The molecular formula is C16H18O. The summed E-state index contributed by atoms with van der Waals surface area (Å²) < 4.78 is 0. The average Bonchev–Trinajstić information content (AvgIpc) is 2.41. The van der Waals surface area contributed by atoms with Crippen LogP contribution in [-0.2, 0) is 11.8 Å². The Morgan fingerprint density at radius 1 is 0.882 bits per heavy atom. The molecule has 0 aliphatic carbocycles. The van der Waals surface area contributed by atoms with Crippen LogP contribution in [0.1, 0.15) is 18.1 Å². The molecule has 1 atom stereocenters. The van der Waals surface area contributed by atoms with Gasteiger partial charge in [-0.25, -0.2) is 0 Å². The van der Waals surface area contributed by atoms with Crippen molar-refractivity contribution in [3.63, 3.8) is 0 Å². The molecule has 1 N–H and O–H groups in total. The van der Waals surface area contributed by atoms with Gasteiger partial charge in [0.25, 0.3) is 0 Å². The second-order valence-corrected chi connectivity index (χ2v) is 4.75. The molecule has 0 aliphatic heterocycles. The smallest absolute Gasteiger partial charge is 0.0528 e. The van der Waals surface area contributed by atoms with Crippen molar-refractivity contribution in [1.29, 1.82) is 0 Å². The van der Waals surface area contributed by atoms with Crippen LogP contribution in [0.3, 0.4) is 0 Å². The zero-order valence-corrected chi connectivity index (χ0v) is 10.1. The van der Waals surface area contributed by atoms with Crippen molar-refractivity contribution in [3.8, 4) is 0 Å². The molecular weight excluding hydrogens is 208 g/mol. The van der Waals surface area contributed by atoms with Crippen LogP contribution in [0.4, 0.5) is 0 Å². The fraction of sp³-hybridized carbons (Fsp3) is 0.250. The topological polar surface area (TPSA) is 20.2 Å². The van der Waals surface area contributed by atoms with Crippen molar-refractivity contribution >= 4 is 0 Å². The Balaban J connectivity index is 2.27. The Bertz CT molecular complexity index is 449. The molecule has 1 heteroatoms. The maximum absolute atomic E-state index is 9.70. The van der Waals surface area contributed by atoms with Gasteiger partial charge in [0.2, 0.25) is 0 Å². The van der Waals surface area contributed by atoms with Gasteiger partial charge in [0.1, 0.15) is 0 Å². The van der Waals surface area contributed by atoms with Crippen LogP contribution in [0.15, 0.2) is 60.7 Å². The molecule has 1 nitrogen and oxygen atoms in total. The first-order valence-electron chi connectivity index (χ1n) is 5.95. The molecule has 0 amide bonds. The molecule has 2 rings (SSSR count). The quantitative estimate of drug-likeness (QED) is 0.849. The maximum Gasteiger partial charge on any atom is 0.0528 e. The normalized spacial score (nSPS) is 14.2. The van der Waals surface area contributed by atoms with Gasteiger partial charge in [-0.1, -0.05) is 67.6 Å². The summed E-state index contributed by atoms with van der Waals surface area (Å²) in [6, 6.07) is 20.5. The minimum absolute atomic E-state index is 0.159. The van der Waals surface area contributed by atoms with E-state index in [1.807, 2.05) is 36.4 Å². The van der Waals surface area contributed by atoms with Crippen molar-refractivity contribution in [2.45, 2.75) is 18.8 Å². The first-order chi connectivity index (χ1) is 8.24. The molecule has 1 unspecified atom stereocenters. The van der Waals surface area contributed by atoms with Crippen molar-refractivity contribution in [2.24, 2.45) is 0 Å². The third-order valence-corrected chi connectivity index (χ3v) is 3.26. The highest BCUT2D eigenvalue weighted by atomic mass is 16.3. The van der Waals surface area contributed by atoms with E-state index in [4.69, 9.17) is 0 Å². The fourth-order valence-electron chi connectivity index (χ4n) is 2.14. The van der Waals surface area contributed by atoms with Crippen LogP contribution in [-0.4, -0.2) is 11.7 Å². The SMILES string of the molecule is CC(CO)(Cc1ccccc1)c1ccccc1. The third kappa shape index (κ3) is 2.75. The van der Waals surface area contributed by atoms with Gasteiger partial charge in [0, 0.05) is 5.41 Å². The molecule has 2 aromatic rings. The van der Waals surface area contributed by atoms with Gasteiger partial charge in [-0.3, -0.25) is 0 Å². The monoisotopic (exact) mass is 226 g/mol. The van der Waals surface area contributed by atoms with Crippen LogP contribution < -0.4 is 0 Å². The highest BCUT2D eigenvalue weighted by Crippen LogP contribution is 2.27. The van der Waals surface area contributed by atoms with Gasteiger partial charge in [-0.05, 0) is 17.5 Å². The number of aliphatic hydroxyl groups is 1. The molecule has 17 heavy (non-hydrogen) atoms. The first-order valence-corrected chi connectivity index (χ1v) is 5.95. The largest absolute Gasteiger partial charge is 0.395 e. The second kappa shape index (κ2) is 5.15. The predicted octanol–water partition coefficient (Wildman–Crippen LogP) is 3.18. The molecule has 0 bridgehead atoms. The molecule has 0 aliphatic rings. The maximum atomic E-state index is 9.70. The molecule has 0 saturated heterocycles. The fourth-order valence-corrected chi connectivity index (χ4v) is 2.14. The standard InChI is InChI=1S/C16H18O/c1-16(13-17,15-10-6-3-7-11-15)12-14-8-4-2-5-9-14/h2-11,17H,12-13H2,1H3. The Kier molecular flexibility index (Phi) is 3.60. The molecule has 0 aromatic heterocycles. The van der Waals surface area contributed by atoms with Gasteiger partial charge in [0.15, 0.2) is 0 Å². The lowest BCUT2D eigenvalue weighted by atomic mass is 9.78. The van der Waals surface area contributed by atoms with E-state index in [0.717, 1.165) is 6.42 Å². The zero-order chi connectivity index (χ0) is 12.1. The number of hydrogen-bond donors (Lipinski definition) is 1. The number of rotatable bonds is 4. The van der Waals surface area contributed by atoms with Crippen LogP contribution >= 0.6 is 0 Å². The second-order valence-electron chi connectivity index (χ2n) is 4.75. The average molecular weight is 226 g/mol. The Morgan fingerprint density at radius 2 is 1.41 bits per heavy atom. The lowest BCUT2D eigenvalue weighted by molar-refractivity contribution is 0.204. The number of hydrogen-bond acceptors (Lipinski definition) is 1. The summed E-state index contributed by atoms with van der Waals surface area (Å²) in [5, 5.41) is 9.70. The molecule has 0 radical (unpaired) electrons. The van der Waals surface area contributed by atoms with E-state index in [1.54, 1.807) is 0 Å². The van der Waals surface area contributed by atoms with Gasteiger partial charge < -0.3 is 5.11 Å². The van der Waals surface area contributed by atoms with Crippen LogP contribution in [0.25, 0.3) is 0 Å². The van der Waals surface area contributed by atoms with Crippen LogP contribution in [0.5, 0.6) is 0 Å². The highest BCUT2D eigenvalue weighted by Gasteiger charge is 2.25. The Labute approximate surface area is 103 Å². The van der Waals surface area contributed by atoms with E-state index in [9.17, 15) is 5.11 Å². The van der Waals surface area contributed by atoms with Gasteiger partial charge in [0.05, 0.1) is 6.61 Å². The lowest BCUT2D eigenvalue weighted by Crippen LogP contribution is -2.29. The van der Waals surface area contributed by atoms with E-state index in [2.05, 4.69) is 31.2 Å². The van der Waals surface area contributed by atoms with Crippen molar-refractivity contribution in [1.82, 2.24) is 0 Å². The van der Waals surface area contributed by atoms with E-state index in [0.29, 0.717) is 0 Å². The summed E-state index contributed by atoms with van der Waals surface area (Å²) in [5.41, 5.74) is 2.24. The Morgan fingerprint density at radius 3 is 1.94 bits per heavy atom. The van der Waals surface area contributed by atoms with E-state index in [1.165, 1.54) is 11.1 Å². The van der Waals surface area contributed by atoms with Gasteiger partial charge in [-0.2, -0.15) is 0 Å². The van der Waals surface area contributed by atoms with Crippen molar-refractivity contribution < 1.29 is 5.11 Å². The van der Waals surface area contributed by atoms with Gasteiger partial charge in [-0.15, -0.1) is 0 Å². The summed E-state index contributed by atoms with van der Waals surface area (Å²) in [4.78, 5) is 0. The number of aliphatic hydroxyl groups excluding tert-OH is 1. The summed E-state index contributed by atoms with van der Waals surface area (Å²) in [5.74, 6) is 0. The predicted molar refractivity (Wildman–Crippen MR) is 71.0 cm³/mol. The molecule has 0 spiro atoms. The molecule has 0 fully saturated rings. The number of benzene rings is 2. The van der Waals surface area contributed by atoms with Crippen LogP contribution in [0.2, 0.25) is 0 Å². The van der Waals surface area contributed by atoms with Crippen molar-refractivity contribution in [2.75, 3.05) is 6.61 Å². The molecule has 0 saturated carbocycles. The first kappa shape index (κ1) is 11.9. The summed E-state index contributed by atoms with van der Waals surface area (Å²) in [7, 11) is 0. The minimum Gasteiger partial charge on any atom is -0.395 e. The Hall–Kier alpha value is -1.60. The van der Waals surface area contributed by atoms with E-state index >= 15 is 0 Å². The van der Waals surface area contributed by atoms with Crippen molar-refractivity contribution in [3.05, 3.63) is 71.8 Å². The zero-order valence-electron chi connectivity index (χ0n) is 10.1. The molecule has 2 aromatic carbocycles. The van der Waals surface area contributed by atoms with Gasteiger partial charge >= 0.3 is 0 Å². The summed E-state index contributed by atoms with van der Waals surface area (Å²) in [6.07, 6.45) is 0.856. The van der Waals surface area contributed by atoms with E-state index < -0.39 is 0 Å². The highest BCUT2D eigenvalue weighted by molar-refractivity contribution is 5.28. The summed E-state index contributed by atoms with van der Waals surface area (Å²) in [6.45, 7) is 2.27.